The van der Waals surface area contributed by atoms with E-state index in [0.717, 1.165) is 19.3 Å². The van der Waals surface area contributed by atoms with Gasteiger partial charge in [0.15, 0.2) is 0 Å². The molecule has 2 bridgehead atoms. The summed E-state index contributed by atoms with van der Waals surface area (Å²) in [6.45, 7) is 13.6. The van der Waals surface area contributed by atoms with Crippen LogP contribution in [0.3, 0.4) is 0 Å². The van der Waals surface area contributed by atoms with Crippen LogP contribution in [0.2, 0.25) is 0 Å². The first-order chi connectivity index (χ1) is 17.4. The highest BCUT2D eigenvalue weighted by Gasteiger charge is 2.68. The normalized spacial score (nSPS) is 38.9. The molecule has 6 fully saturated rings. The molecule has 208 valence electrons. The summed E-state index contributed by atoms with van der Waals surface area (Å²) in [7, 11) is -0.451. The highest BCUT2D eigenvalue weighted by Crippen LogP contribution is 2.65. The van der Waals surface area contributed by atoms with E-state index in [1.807, 2.05) is 13.8 Å². The minimum atomic E-state index is -0.884. The van der Waals surface area contributed by atoms with E-state index in [1.165, 1.54) is 25.7 Å². The van der Waals surface area contributed by atoms with Crippen molar-refractivity contribution in [2.24, 2.45) is 34.8 Å². The fraction of sp³-hybridized carbons (Fsp3) is 0.931. The lowest BCUT2D eigenvalue weighted by Crippen LogP contribution is -2.65. The Kier molecular flexibility index (Phi) is 7.28. The van der Waals surface area contributed by atoms with E-state index in [1.54, 1.807) is 4.90 Å². The second-order valence-corrected chi connectivity index (χ2v) is 14.1. The first-order valence-corrected chi connectivity index (χ1v) is 15.1. The first kappa shape index (κ1) is 27.5. The maximum atomic E-state index is 14.0. The van der Waals surface area contributed by atoms with Gasteiger partial charge >= 0.3 is 7.12 Å². The molecular formula is C29H50BN3O4. The van der Waals surface area contributed by atoms with Crippen molar-refractivity contribution >= 4 is 18.9 Å². The Hall–Kier alpha value is -1.12. The zero-order valence-corrected chi connectivity index (χ0v) is 24.1. The minimum Gasteiger partial charge on any atom is -0.404 e. The van der Waals surface area contributed by atoms with Crippen LogP contribution in [0, 0.1) is 29.1 Å². The largest absolute Gasteiger partial charge is 0.481 e. The van der Waals surface area contributed by atoms with Crippen LogP contribution in [0.25, 0.3) is 0 Å². The molecule has 4 saturated carbocycles. The number of hydrogen-bond acceptors (Lipinski definition) is 5. The number of carbonyl (C=O) groups is 2. The van der Waals surface area contributed by atoms with E-state index in [9.17, 15) is 9.59 Å². The molecule has 4 aliphatic carbocycles. The van der Waals surface area contributed by atoms with Crippen LogP contribution in [0.4, 0.5) is 0 Å². The average molecular weight is 516 g/mol. The third-order valence-electron chi connectivity index (χ3n) is 11.5. The van der Waals surface area contributed by atoms with Crippen molar-refractivity contribution in [1.82, 2.24) is 10.2 Å². The molecule has 0 radical (unpaired) electrons. The summed E-state index contributed by atoms with van der Waals surface area (Å²) in [5.74, 6) is 1.29. The van der Waals surface area contributed by atoms with Crippen LogP contribution < -0.4 is 11.1 Å². The molecule has 2 heterocycles. The van der Waals surface area contributed by atoms with Gasteiger partial charge in [-0.3, -0.25) is 9.59 Å². The molecule has 7 atom stereocenters. The molecule has 2 aliphatic heterocycles. The summed E-state index contributed by atoms with van der Waals surface area (Å²) in [6.07, 6.45) is 10.3. The predicted octanol–water partition coefficient (Wildman–Crippen LogP) is 4.07. The van der Waals surface area contributed by atoms with Crippen molar-refractivity contribution in [3.63, 3.8) is 0 Å². The molecule has 0 aromatic carbocycles. The van der Waals surface area contributed by atoms with Gasteiger partial charge in [-0.1, -0.05) is 66.7 Å². The van der Waals surface area contributed by atoms with E-state index in [2.05, 4.69) is 33.0 Å². The van der Waals surface area contributed by atoms with Crippen molar-refractivity contribution < 1.29 is 18.9 Å². The summed E-state index contributed by atoms with van der Waals surface area (Å²) < 4.78 is 13.2. The maximum Gasteiger partial charge on any atom is 0.481 e. The predicted molar refractivity (Wildman–Crippen MR) is 145 cm³/mol. The van der Waals surface area contributed by atoms with Crippen LogP contribution in [0.1, 0.15) is 106 Å². The van der Waals surface area contributed by atoms with E-state index < -0.39 is 18.7 Å². The molecule has 0 aromatic rings. The van der Waals surface area contributed by atoms with Gasteiger partial charge in [0.1, 0.15) is 6.04 Å². The lowest BCUT2D eigenvalue weighted by molar-refractivity contribution is -0.199. The van der Waals surface area contributed by atoms with Crippen LogP contribution in [0.15, 0.2) is 0 Å². The van der Waals surface area contributed by atoms with Crippen LogP contribution in [-0.4, -0.2) is 59.6 Å². The van der Waals surface area contributed by atoms with Gasteiger partial charge in [0.2, 0.25) is 11.8 Å². The minimum absolute atomic E-state index is 0.0339. The number of nitrogens with two attached hydrogens (primary N) is 1. The molecule has 6 aliphatic rings. The fourth-order valence-corrected chi connectivity index (χ4v) is 8.44. The van der Waals surface area contributed by atoms with Gasteiger partial charge in [0, 0.05) is 6.54 Å². The van der Waals surface area contributed by atoms with Gasteiger partial charge in [0.05, 0.1) is 23.2 Å². The van der Waals surface area contributed by atoms with E-state index in [-0.39, 0.29) is 40.8 Å². The third-order valence-corrected chi connectivity index (χ3v) is 11.5. The summed E-state index contributed by atoms with van der Waals surface area (Å²) in [5, 5.41) is 3.30. The van der Waals surface area contributed by atoms with Crippen molar-refractivity contribution in [2.75, 3.05) is 6.54 Å². The number of rotatable bonds is 8. The topological polar surface area (TPSA) is 93.9 Å². The lowest BCUT2D eigenvalue weighted by atomic mass is 9.43. The molecule has 2 unspecified atom stereocenters. The van der Waals surface area contributed by atoms with Gasteiger partial charge in [-0.2, -0.15) is 0 Å². The Bertz CT molecular complexity index is 892. The molecule has 0 spiro atoms. The Balaban J connectivity index is 1.31. The van der Waals surface area contributed by atoms with Crippen LogP contribution >= 0.6 is 0 Å². The van der Waals surface area contributed by atoms with Crippen molar-refractivity contribution in [2.45, 2.75) is 135 Å². The highest BCUT2D eigenvalue weighted by molar-refractivity contribution is 6.47. The number of nitrogens with zero attached hydrogens (tertiary/aromatic N) is 1. The van der Waals surface area contributed by atoms with Crippen molar-refractivity contribution in [3.8, 4) is 0 Å². The lowest BCUT2D eigenvalue weighted by Gasteiger charge is -2.64. The number of carbonyl (C=O) groups excluding carboxylic acids is 2. The Morgan fingerprint density at radius 2 is 1.89 bits per heavy atom. The zero-order chi connectivity index (χ0) is 26.8. The average Bonchev–Trinajstić information content (AvgIpc) is 3.38. The van der Waals surface area contributed by atoms with Gasteiger partial charge in [-0.05, 0) is 68.1 Å². The smallest absolute Gasteiger partial charge is 0.404 e. The number of likely N-dealkylation sites (tertiary alicyclic amines) is 1. The van der Waals surface area contributed by atoms with Crippen molar-refractivity contribution in [1.29, 1.82) is 0 Å². The summed E-state index contributed by atoms with van der Waals surface area (Å²) >= 11 is 0. The second kappa shape index (κ2) is 9.81. The zero-order valence-electron chi connectivity index (χ0n) is 24.1. The van der Waals surface area contributed by atoms with Gasteiger partial charge < -0.3 is 25.3 Å². The number of nitrogens with one attached hydrogen (secondary N) is 1. The number of amides is 2. The molecular weight excluding hydrogens is 465 g/mol. The first-order valence-electron chi connectivity index (χ1n) is 15.1. The summed E-state index contributed by atoms with van der Waals surface area (Å²) in [6, 6.07) is -0.486. The molecule has 37 heavy (non-hydrogen) atoms. The molecule has 6 rings (SSSR count). The van der Waals surface area contributed by atoms with Crippen LogP contribution in [0.5, 0.6) is 0 Å². The van der Waals surface area contributed by atoms with E-state index >= 15 is 0 Å². The van der Waals surface area contributed by atoms with Gasteiger partial charge in [-0.15, -0.1) is 0 Å². The quantitative estimate of drug-likeness (QED) is 0.476. The molecule has 2 amide bonds. The van der Waals surface area contributed by atoms with E-state index in [0.29, 0.717) is 43.6 Å². The molecule has 3 N–H and O–H groups in total. The van der Waals surface area contributed by atoms with Crippen LogP contribution in [-0.2, 0) is 18.9 Å². The second-order valence-electron chi connectivity index (χ2n) is 14.1. The van der Waals surface area contributed by atoms with Gasteiger partial charge in [0.25, 0.3) is 0 Å². The monoisotopic (exact) mass is 515 g/mol. The molecule has 7 nitrogen and oxygen atoms in total. The standard InChI is InChI=1S/C29H50BN3O4/c1-7-24(30-36-23-17-20-16-22(27(20,4)5)28(23,6)37-30)32-25(34)21(15-19-11-9-8-10-12-19)33-14-13-29(31,18(2)3)26(33)35/h18-24H,7-17,31H2,1-6H3,(H,32,34)/t20-,21+,22-,23?,24+,28+,29?/m1/s1. The molecule has 8 heteroatoms. The maximum absolute atomic E-state index is 14.0. The highest BCUT2D eigenvalue weighted by atomic mass is 16.7. The third kappa shape index (κ3) is 4.47. The number of hydrogen-bond donors (Lipinski definition) is 2. The fourth-order valence-electron chi connectivity index (χ4n) is 8.44. The van der Waals surface area contributed by atoms with Gasteiger partial charge in [-0.25, -0.2) is 0 Å². The Morgan fingerprint density at radius 1 is 1.19 bits per heavy atom. The summed E-state index contributed by atoms with van der Waals surface area (Å²) in [5.41, 5.74) is 5.68. The summed E-state index contributed by atoms with van der Waals surface area (Å²) in [4.78, 5) is 29.3. The Labute approximate surface area is 224 Å². The Morgan fingerprint density at radius 3 is 2.49 bits per heavy atom. The SMILES string of the molecule is CC[C@H](NC(=O)[C@H](CC1CCCCC1)N1CCC(N)(C(C)C)C1=O)B1OC2C[C@H]3C[C@H](C3(C)C)[C@]2(C)O1. The van der Waals surface area contributed by atoms with E-state index in [4.69, 9.17) is 15.0 Å². The van der Waals surface area contributed by atoms with Crippen molar-refractivity contribution in [3.05, 3.63) is 0 Å². The molecule has 0 aromatic heterocycles. The molecule has 2 saturated heterocycles.